The zero-order valence-corrected chi connectivity index (χ0v) is 13.2. The van der Waals surface area contributed by atoms with Crippen LogP contribution in [0.5, 0.6) is 11.5 Å². The average molecular weight is 345 g/mol. The summed E-state index contributed by atoms with van der Waals surface area (Å²) >= 11 is 0. The van der Waals surface area contributed by atoms with Gasteiger partial charge >= 0.3 is 5.97 Å². The summed E-state index contributed by atoms with van der Waals surface area (Å²) in [7, 11) is 0. The summed E-state index contributed by atoms with van der Waals surface area (Å²) in [6, 6.07) is 10.6. The molecule has 0 saturated carbocycles. The zero-order chi connectivity index (χ0) is 17.8. The minimum absolute atomic E-state index is 0.0792. The number of carboxylic acid groups (broad SMARTS) is 1. The van der Waals surface area contributed by atoms with Gasteiger partial charge in [-0.3, -0.25) is 9.59 Å². The van der Waals surface area contributed by atoms with E-state index in [1.54, 1.807) is 24.3 Å². The molecule has 3 rings (SSSR count). The van der Waals surface area contributed by atoms with E-state index in [1.165, 1.54) is 18.2 Å². The fourth-order valence-corrected chi connectivity index (χ4v) is 2.69. The van der Waals surface area contributed by atoms with Crippen LogP contribution in [-0.4, -0.2) is 23.8 Å². The highest BCUT2D eigenvalue weighted by Gasteiger charge is 2.21. The van der Waals surface area contributed by atoms with Crippen LogP contribution < -0.4 is 14.8 Å². The van der Waals surface area contributed by atoms with E-state index in [0.29, 0.717) is 22.7 Å². The second-order valence-electron chi connectivity index (χ2n) is 5.67. The predicted octanol–water partition coefficient (Wildman–Crippen LogP) is 3.14. The molecule has 1 amide bonds. The van der Waals surface area contributed by atoms with E-state index in [1.807, 2.05) is 0 Å². The highest BCUT2D eigenvalue weighted by atomic mass is 19.1. The largest absolute Gasteiger partial charge is 0.481 e. The Morgan fingerprint density at radius 2 is 1.92 bits per heavy atom. The van der Waals surface area contributed by atoms with Gasteiger partial charge in [0.1, 0.15) is 5.82 Å². The van der Waals surface area contributed by atoms with Crippen molar-refractivity contribution in [2.24, 2.45) is 0 Å². The third-order valence-electron chi connectivity index (χ3n) is 3.83. The van der Waals surface area contributed by atoms with Crippen LogP contribution in [0.3, 0.4) is 0 Å². The summed E-state index contributed by atoms with van der Waals surface area (Å²) in [6.45, 7) is 0.132. The van der Waals surface area contributed by atoms with E-state index >= 15 is 0 Å². The second-order valence-corrected chi connectivity index (χ2v) is 5.67. The lowest BCUT2D eigenvalue weighted by Crippen LogP contribution is -2.17. The molecule has 0 spiro atoms. The standard InChI is InChI=1S/C18H16FNO5/c19-13-3-1-2-11(6-13)12(8-18(22)23)7-17(21)20-14-4-5-15-16(9-14)25-10-24-15/h1-6,9,12H,7-8,10H2,(H,20,21)(H,22,23). The molecule has 1 aliphatic heterocycles. The molecule has 130 valence electrons. The molecule has 7 heteroatoms. The summed E-state index contributed by atoms with van der Waals surface area (Å²) in [5, 5.41) is 11.8. The lowest BCUT2D eigenvalue weighted by Gasteiger charge is -2.15. The van der Waals surface area contributed by atoms with Gasteiger partial charge in [-0.1, -0.05) is 12.1 Å². The second kappa shape index (κ2) is 7.21. The van der Waals surface area contributed by atoms with Crippen molar-refractivity contribution in [2.45, 2.75) is 18.8 Å². The van der Waals surface area contributed by atoms with Gasteiger partial charge in [0.25, 0.3) is 0 Å². The molecule has 1 heterocycles. The van der Waals surface area contributed by atoms with Crippen molar-refractivity contribution < 1.29 is 28.6 Å². The van der Waals surface area contributed by atoms with E-state index in [9.17, 15) is 14.0 Å². The van der Waals surface area contributed by atoms with Gasteiger partial charge in [-0.25, -0.2) is 4.39 Å². The molecule has 25 heavy (non-hydrogen) atoms. The summed E-state index contributed by atoms with van der Waals surface area (Å²) in [5.74, 6) is -1.38. The van der Waals surface area contributed by atoms with E-state index in [2.05, 4.69) is 5.32 Å². The highest BCUT2D eigenvalue weighted by Crippen LogP contribution is 2.34. The molecule has 1 aliphatic rings. The van der Waals surface area contributed by atoms with E-state index in [-0.39, 0.29) is 25.5 Å². The first kappa shape index (κ1) is 16.8. The van der Waals surface area contributed by atoms with Crippen LogP contribution in [0.25, 0.3) is 0 Å². The Morgan fingerprint density at radius 3 is 2.68 bits per heavy atom. The number of carbonyl (C=O) groups excluding carboxylic acids is 1. The molecular formula is C18H16FNO5. The quantitative estimate of drug-likeness (QED) is 0.840. The van der Waals surface area contributed by atoms with Crippen molar-refractivity contribution in [3.05, 3.63) is 53.8 Å². The fourth-order valence-electron chi connectivity index (χ4n) is 2.69. The van der Waals surface area contributed by atoms with Gasteiger partial charge in [0, 0.05) is 24.1 Å². The molecule has 1 unspecified atom stereocenters. The number of anilines is 1. The average Bonchev–Trinajstić information content (AvgIpc) is 3.01. The van der Waals surface area contributed by atoms with Crippen LogP contribution in [0, 0.1) is 5.82 Å². The molecular weight excluding hydrogens is 329 g/mol. The summed E-state index contributed by atoms with van der Waals surface area (Å²) in [5.41, 5.74) is 0.991. The number of fused-ring (bicyclic) bond motifs is 1. The Morgan fingerprint density at radius 1 is 1.12 bits per heavy atom. The topological polar surface area (TPSA) is 84.9 Å². The lowest BCUT2D eigenvalue weighted by molar-refractivity contribution is -0.137. The summed E-state index contributed by atoms with van der Waals surface area (Å²) < 4.78 is 23.8. The molecule has 2 aromatic rings. The maximum absolute atomic E-state index is 13.4. The Bertz CT molecular complexity index is 808. The predicted molar refractivity (Wildman–Crippen MR) is 87.2 cm³/mol. The number of nitrogens with one attached hydrogen (secondary N) is 1. The Kier molecular flexibility index (Phi) is 4.83. The Hall–Kier alpha value is -3.09. The van der Waals surface area contributed by atoms with Gasteiger partial charge < -0.3 is 19.9 Å². The van der Waals surface area contributed by atoms with Gasteiger partial charge in [0.2, 0.25) is 12.7 Å². The molecule has 0 aromatic heterocycles. The number of halogens is 1. The third-order valence-corrected chi connectivity index (χ3v) is 3.83. The van der Waals surface area contributed by atoms with Gasteiger partial charge in [-0.05, 0) is 29.8 Å². The number of rotatable bonds is 6. The smallest absolute Gasteiger partial charge is 0.303 e. The number of hydrogen-bond acceptors (Lipinski definition) is 4. The number of amides is 1. The van der Waals surface area contributed by atoms with Crippen LogP contribution in [-0.2, 0) is 9.59 Å². The normalized spacial score (nSPS) is 13.3. The first-order valence-corrected chi connectivity index (χ1v) is 7.68. The minimum Gasteiger partial charge on any atom is -0.481 e. The molecule has 2 N–H and O–H groups in total. The molecule has 2 aromatic carbocycles. The van der Waals surface area contributed by atoms with Crippen molar-refractivity contribution in [3.8, 4) is 11.5 Å². The molecule has 1 atom stereocenters. The van der Waals surface area contributed by atoms with E-state index < -0.39 is 17.7 Å². The monoisotopic (exact) mass is 345 g/mol. The van der Waals surface area contributed by atoms with Gasteiger partial charge in [0.05, 0.1) is 6.42 Å². The highest BCUT2D eigenvalue weighted by molar-refractivity contribution is 5.92. The first-order valence-electron chi connectivity index (χ1n) is 7.68. The Labute approximate surface area is 143 Å². The summed E-state index contributed by atoms with van der Waals surface area (Å²) in [4.78, 5) is 23.4. The van der Waals surface area contributed by atoms with Crippen LogP contribution in [0.2, 0.25) is 0 Å². The number of carbonyl (C=O) groups is 2. The van der Waals surface area contributed by atoms with Crippen molar-refractivity contribution in [1.29, 1.82) is 0 Å². The van der Waals surface area contributed by atoms with Crippen LogP contribution >= 0.6 is 0 Å². The van der Waals surface area contributed by atoms with Crippen molar-refractivity contribution in [3.63, 3.8) is 0 Å². The van der Waals surface area contributed by atoms with Gasteiger partial charge in [-0.2, -0.15) is 0 Å². The van der Waals surface area contributed by atoms with Gasteiger partial charge in [0.15, 0.2) is 11.5 Å². The molecule has 0 radical (unpaired) electrons. The molecule has 0 fully saturated rings. The SMILES string of the molecule is O=C(O)CC(CC(=O)Nc1ccc2c(c1)OCO2)c1cccc(F)c1. The van der Waals surface area contributed by atoms with Crippen LogP contribution in [0.4, 0.5) is 10.1 Å². The lowest BCUT2D eigenvalue weighted by atomic mass is 9.92. The third kappa shape index (κ3) is 4.26. The number of hydrogen-bond donors (Lipinski definition) is 2. The van der Waals surface area contributed by atoms with Crippen LogP contribution in [0.1, 0.15) is 24.3 Å². The molecule has 0 aliphatic carbocycles. The first-order chi connectivity index (χ1) is 12.0. The number of ether oxygens (including phenoxy) is 2. The maximum Gasteiger partial charge on any atom is 0.303 e. The van der Waals surface area contributed by atoms with E-state index in [0.717, 1.165) is 0 Å². The molecule has 6 nitrogen and oxygen atoms in total. The molecule has 0 saturated heterocycles. The fraction of sp³-hybridized carbons (Fsp3) is 0.222. The van der Waals surface area contributed by atoms with Crippen molar-refractivity contribution in [2.75, 3.05) is 12.1 Å². The molecule has 0 bridgehead atoms. The van der Waals surface area contributed by atoms with Crippen molar-refractivity contribution in [1.82, 2.24) is 0 Å². The Balaban J connectivity index is 1.70. The zero-order valence-electron chi connectivity index (χ0n) is 13.2. The minimum atomic E-state index is -1.05. The van der Waals surface area contributed by atoms with Gasteiger partial charge in [-0.15, -0.1) is 0 Å². The van der Waals surface area contributed by atoms with Crippen molar-refractivity contribution >= 4 is 17.6 Å². The number of aliphatic carboxylic acids is 1. The summed E-state index contributed by atoms with van der Waals surface area (Å²) in [6.07, 6.45) is -0.345. The maximum atomic E-state index is 13.4. The number of benzene rings is 2. The number of carboxylic acids is 1. The van der Waals surface area contributed by atoms with Crippen LogP contribution in [0.15, 0.2) is 42.5 Å². The van der Waals surface area contributed by atoms with E-state index in [4.69, 9.17) is 14.6 Å².